The minimum Gasteiger partial charge on any atom is -0.369 e. The lowest BCUT2D eigenvalue weighted by atomic mass is 9.75. The van der Waals surface area contributed by atoms with E-state index in [0.717, 1.165) is 5.56 Å². The highest BCUT2D eigenvalue weighted by Crippen LogP contribution is 2.50. The summed E-state index contributed by atoms with van der Waals surface area (Å²) in [6, 6.07) is 13.5. The summed E-state index contributed by atoms with van der Waals surface area (Å²) < 4.78 is 80.5. The highest BCUT2D eigenvalue weighted by atomic mass is 19.4. The topological polar surface area (TPSA) is 57.6 Å². The van der Waals surface area contributed by atoms with Crippen LogP contribution in [0.2, 0.25) is 0 Å². The van der Waals surface area contributed by atoms with Gasteiger partial charge in [0, 0.05) is 37.4 Å². The first kappa shape index (κ1) is 31.1. The van der Waals surface area contributed by atoms with Crippen LogP contribution < -0.4 is 0 Å². The molecule has 4 rings (SSSR count). The summed E-state index contributed by atoms with van der Waals surface area (Å²) in [5.41, 5.74) is -4.63. The number of nitrogens with zero attached hydrogens (tertiary/aromatic N) is 1. The van der Waals surface area contributed by atoms with Crippen LogP contribution in [-0.2, 0) is 21.6 Å². The Bertz CT molecular complexity index is 1170. The molecule has 1 saturated carbocycles. The molecule has 0 aromatic heterocycles. The maximum Gasteiger partial charge on any atom is 0.430 e. The first-order chi connectivity index (χ1) is 19.2. The van der Waals surface area contributed by atoms with E-state index in [-0.39, 0.29) is 35.4 Å². The Morgan fingerprint density at radius 1 is 0.829 bits per heavy atom. The van der Waals surface area contributed by atoms with Gasteiger partial charge >= 0.3 is 12.4 Å². The number of carbonyl (C=O) groups is 2. The van der Waals surface area contributed by atoms with Crippen LogP contribution in [0.25, 0.3) is 0 Å². The van der Waals surface area contributed by atoms with Gasteiger partial charge in [0.2, 0.25) is 5.91 Å². The van der Waals surface area contributed by atoms with Crippen LogP contribution in [0.1, 0.15) is 68.1 Å². The second kappa shape index (κ2) is 12.2. The molecule has 0 spiro atoms. The molecular formula is C31H35F6NO3. The highest BCUT2D eigenvalue weighted by Gasteiger charge is 2.71. The molecule has 1 saturated heterocycles. The molecule has 2 aromatic carbocycles. The lowest BCUT2D eigenvalue weighted by Crippen LogP contribution is -2.53. The molecule has 4 nitrogen and oxygen atoms in total. The maximum atomic E-state index is 13.6. The Morgan fingerprint density at radius 2 is 1.41 bits per heavy atom. The largest absolute Gasteiger partial charge is 0.430 e. The van der Waals surface area contributed by atoms with Gasteiger partial charge in [0.05, 0.1) is 0 Å². The Kier molecular flexibility index (Phi) is 9.21. The van der Waals surface area contributed by atoms with E-state index in [1.165, 1.54) is 19.1 Å². The third-order valence-corrected chi connectivity index (χ3v) is 8.89. The smallest absolute Gasteiger partial charge is 0.369 e. The summed E-state index contributed by atoms with van der Waals surface area (Å²) >= 11 is 0. The zero-order valence-corrected chi connectivity index (χ0v) is 22.8. The number of aliphatic hydroxyl groups is 1. The van der Waals surface area contributed by atoms with Crippen molar-refractivity contribution in [2.24, 2.45) is 17.8 Å². The molecule has 0 radical (unpaired) electrons. The first-order valence-corrected chi connectivity index (χ1v) is 14.0. The van der Waals surface area contributed by atoms with E-state index < -0.39 is 23.5 Å². The predicted molar refractivity (Wildman–Crippen MR) is 141 cm³/mol. The number of hydrogen-bond donors (Lipinski definition) is 1. The number of likely N-dealkylation sites (tertiary alicyclic amines) is 1. The van der Waals surface area contributed by atoms with Crippen molar-refractivity contribution in [2.75, 3.05) is 13.1 Å². The molecule has 3 atom stereocenters. The van der Waals surface area contributed by atoms with Gasteiger partial charge in [0.25, 0.3) is 5.60 Å². The summed E-state index contributed by atoms with van der Waals surface area (Å²) in [5, 5.41) is 9.81. The van der Waals surface area contributed by atoms with Gasteiger partial charge in [-0.25, -0.2) is 0 Å². The van der Waals surface area contributed by atoms with Crippen molar-refractivity contribution >= 4 is 11.7 Å². The van der Waals surface area contributed by atoms with Crippen molar-refractivity contribution in [1.29, 1.82) is 0 Å². The fraction of sp³-hybridized carbons (Fsp3) is 0.548. The normalized spacial score (nSPS) is 23.2. The molecule has 2 fully saturated rings. The summed E-state index contributed by atoms with van der Waals surface area (Å²) in [4.78, 5) is 27.1. The number of halogens is 6. The SMILES string of the molecule is CC(=O)N1CCC(C(=O)C2CCC[C@@H](c3ccc(C(O)(C(F)(F)F)C(F)(F)F)cc3)[C@H](Cc3ccccc3)C2)CC1. The molecule has 1 aliphatic carbocycles. The van der Waals surface area contributed by atoms with E-state index in [0.29, 0.717) is 75.7 Å². The minimum absolute atomic E-state index is 0.00828. The quantitative estimate of drug-likeness (QED) is 0.296. The number of amides is 1. The Hall–Kier alpha value is -2.88. The zero-order chi connectivity index (χ0) is 30.0. The van der Waals surface area contributed by atoms with Crippen molar-refractivity contribution in [3.63, 3.8) is 0 Å². The van der Waals surface area contributed by atoms with Crippen LogP contribution in [0.5, 0.6) is 0 Å². The van der Waals surface area contributed by atoms with Gasteiger partial charge in [-0.1, -0.05) is 61.0 Å². The summed E-state index contributed by atoms with van der Waals surface area (Å²) in [6.07, 6.45) is -7.51. The van der Waals surface area contributed by atoms with Gasteiger partial charge in [-0.05, 0) is 61.5 Å². The third-order valence-electron chi connectivity index (χ3n) is 8.89. The number of rotatable bonds is 6. The predicted octanol–water partition coefficient (Wildman–Crippen LogP) is 6.96. The van der Waals surface area contributed by atoms with Crippen LogP contribution in [-0.4, -0.2) is 47.1 Å². The summed E-state index contributed by atoms with van der Waals surface area (Å²) in [6.45, 7) is 2.60. The van der Waals surface area contributed by atoms with E-state index in [2.05, 4.69) is 0 Å². The number of piperidine rings is 1. The molecule has 1 amide bonds. The first-order valence-electron chi connectivity index (χ1n) is 14.0. The lowest BCUT2D eigenvalue weighted by molar-refractivity contribution is -0.376. The molecule has 41 heavy (non-hydrogen) atoms. The lowest BCUT2D eigenvalue weighted by Gasteiger charge is -2.34. The van der Waals surface area contributed by atoms with Gasteiger partial charge in [0.1, 0.15) is 5.78 Å². The molecule has 224 valence electrons. The van der Waals surface area contributed by atoms with E-state index in [9.17, 15) is 41.0 Å². The highest BCUT2D eigenvalue weighted by molar-refractivity contribution is 5.84. The van der Waals surface area contributed by atoms with Crippen LogP contribution in [0, 0.1) is 17.8 Å². The monoisotopic (exact) mass is 583 g/mol. The van der Waals surface area contributed by atoms with Crippen LogP contribution >= 0.6 is 0 Å². The second-order valence-electron chi connectivity index (χ2n) is 11.4. The molecule has 10 heteroatoms. The average molecular weight is 584 g/mol. The number of ketones is 1. The van der Waals surface area contributed by atoms with E-state index in [1.54, 1.807) is 4.90 Å². The zero-order valence-electron chi connectivity index (χ0n) is 22.8. The fourth-order valence-electron chi connectivity index (χ4n) is 6.58. The molecule has 1 unspecified atom stereocenters. The number of carbonyl (C=O) groups excluding carboxylic acids is 2. The van der Waals surface area contributed by atoms with Gasteiger partial charge in [-0.3, -0.25) is 9.59 Å². The van der Waals surface area contributed by atoms with E-state index in [4.69, 9.17) is 0 Å². The minimum atomic E-state index is -5.95. The molecule has 1 aliphatic heterocycles. The van der Waals surface area contributed by atoms with Gasteiger partial charge in [-0.15, -0.1) is 0 Å². The number of Topliss-reactive ketones (excluding diaryl/α,β-unsaturated/α-hetero) is 1. The molecule has 2 aliphatic rings. The van der Waals surface area contributed by atoms with Crippen LogP contribution in [0.15, 0.2) is 54.6 Å². The van der Waals surface area contributed by atoms with Crippen LogP contribution in [0.4, 0.5) is 26.3 Å². The summed E-state index contributed by atoms with van der Waals surface area (Å²) in [7, 11) is 0. The third kappa shape index (κ3) is 6.63. The van der Waals surface area contributed by atoms with Gasteiger partial charge in [0.15, 0.2) is 0 Å². The number of hydrogen-bond acceptors (Lipinski definition) is 3. The molecule has 1 N–H and O–H groups in total. The Balaban J connectivity index is 1.59. The molecule has 0 bridgehead atoms. The molecular weight excluding hydrogens is 548 g/mol. The van der Waals surface area contributed by atoms with Gasteiger partial charge < -0.3 is 10.0 Å². The molecule has 1 heterocycles. The van der Waals surface area contributed by atoms with E-state index in [1.807, 2.05) is 30.3 Å². The Morgan fingerprint density at radius 3 is 1.95 bits per heavy atom. The second-order valence-corrected chi connectivity index (χ2v) is 11.4. The van der Waals surface area contributed by atoms with Crippen molar-refractivity contribution < 1.29 is 41.0 Å². The molecule has 2 aromatic rings. The van der Waals surface area contributed by atoms with Crippen molar-refractivity contribution in [2.45, 2.75) is 75.7 Å². The summed E-state index contributed by atoms with van der Waals surface area (Å²) in [5.74, 6) is -0.421. The standard InChI is InChI=1S/C31H35F6NO3/c1-20(39)38-16-14-23(15-17-38)28(40)24-8-5-9-27(25(19-24)18-21-6-3-2-4-7-21)22-10-12-26(13-11-22)29(41,30(32,33)34)31(35,36)37/h2-4,6-7,10-13,23-25,27,41H,5,8-9,14-19H2,1H3/t24?,25-,27+/m1/s1. The van der Waals surface area contributed by atoms with E-state index >= 15 is 0 Å². The van der Waals surface area contributed by atoms with Crippen molar-refractivity contribution in [1.82, 2.24) is 4.90 Å². The number of benzene rings is 2. The Labute approximate surface area is 235 Å². The van der Waals surface area contributed by atoms with Gasteiger partial charge in [-0.2, -0.15) is 26.3 Å². The van der Waals surface area contributed by atoms with Crippen LogP contribution in [0.3, 0.4) is 0 Å². The van der Waals surface area contributed by atoms with Crippen molar-refractivity contribution in [3.8, 4) is 0 Å². The van der Waals surface area contributed by atoms with Crippen molar-refractivity contribution in [3.05, 3.63) is 71.3 Å². The number of alkyl halides is 6. The average Bonchev–Trinajstić information content (AvgIpc) is 3.14. The maximum absolute atomic E-state index is 13.6. The fourth-order valence-corrected chi connectivity index (χ4v) is 6.58.